The van der Waals surface area contributed by atoms with Crippen LogP contribution in [0.2, 0.25) is 0 Å². The maximum absolute atomic E-state index is 12.5. The maximum atomic E-state index is 12.5. The predicted molar refractivity (Wildman–Crippen MR) is 105 cm³/mol. The number of carbonyl (C=O) groups excluding carboxylic acids is 2. The molecule has 1 N–H and O–H groups in total. The van der Waals surface area contributed by atoms with Gasteiger partial charge in [-0.3, -0.25) is 14.5 Å². The summed E-state index contributed by atoms with van der Waals surface area (Å²) in [4.78, 5) is 28.9. The molecule has 0 aromatic rings. The van der Waals surface area contributed by atoms with Gasteiger partial charge in [0, 0.05) is 64.3 Å². The summed E-state index contributed by atoms with van der Waals surface area (Å²) in [5.41, 5.74) is 0. The molecule has 6 nitrogen and oxygen atoms in total. The molecule has 3 rings (SSSR count). The first-order valence-corrected chi connectivity index (χ1v) is 11.0. The van der Waals surface area contributed by atoms with E-state index in [1.54, 1.807) is 6.92 Å². The van der Waals surface area contributed by atoms with Crippen LogP contribution >= 0.6 is 0 Å². The Kier molecular flexibility index (Phi) is 7.94. The van der Waals surface area contributed by atoms with E-state index in [-0.39, 0.29) is 17.7 Å². The number of piperidine rings is 1. The third kappa shape index (κ3) is 5.92. The van der Waals surface area contributed by atoms with Crippen LogP contribution in [0.5, 0.6) is 0 Å². The standard InChI is InChI=1S/C21H37N3O3/c1-17(25)23-12-5-8-20(16-23)24(19-9-14-27-15-10-19)13-11-22-21(26)18-6-3-2-4-7-18/h18-20H,2-16H2,1H3,(H,22,26). The average Bonchev–Trinajstić information content (AvgIpc) is 2.72. The Morgan fingerprint density at radius 1 is 1.00 bits per heavy atom. The average molecular weight is 380 g/mol. The van der Waals surface area contributed by atoms with Gasteiger partial charge in [0.05, 0.1) is 0 Å². The van der Waals surface area contributed by atoms with Gasteiger partial charge in [-0.1, -0.05) is 19.3 Å². The molecule has 27 heavy (non-hydrogen) atoms. The first-order valence-electron chi connectivity index (χ1n) is 11.0. The van der Waals surface area contributed by atoms with E-state index in [0.717, 1.165) is 71.4 Å². The van der Waals surface area contributed by atoms with Crippen LogP contribution in [-0.4, -0.2) is 73.1 Å². The van der Waals surface area contributed by atoms with E-state index in [0.29, 0.717) is 18.6 Å². The van der Waals surface area contributed by atoms with Gasteiger partial charge in [0.1, 0.15) is 0 Å². The molecule has 2 aliphatic heterocycles. The van der Waals surface area contributed by atoms with Crippen molar-refractivity contribution >= 4 is 11.8 Å². The van der Waals surface area contributed by atoms with Crippen molar-refractivity contribution in [3.8, 4) is 0 Å². The molecular weight excluding hydrogens is 342 g/mol. The third-order valence-electron chi connectivity index (χ3n) is 6.62. The number of nitrogens with one attached hydrogen (secondary N) is 1. The molecule has 2 amide bonds. The number of ether oxygens (including phenoxy) is 1. The number of likely N-dealkylation sites (tertiary alicyclic amines) is 1. The second-order valence-electron chi connectivity index (χ2n) is 8.47. The van der Waals surface area contributed by atoms with Crippen molar-refractivity contribution in [2.75, 3.05) is 39.4 Å². The SMILES string of the molecule is CC(=O)N1CCCC(N(CCNC(=O)C2CCCCC2)C2CCOCC2)C1. The number of hydrogen-bond donors (Lipinski definition) is 1. The van der Waals surface area contributed by atoms with Crippen molar-refractivity contribution in [2.45, 2.75) is 76.8 Å². The topological polar surface area (TPSA) is 61.9 Å². The van der Waals surface area contributed by atoms with Gasteiger partial charge in [0.15, 0.2) is 0 Å². The highest BCUT2D eigenvalue weighted by Crippen LogP contribution is 2.24. The molecule has 154 valence electrons. The predicted octanol–water partition coefficient (Wildman–Crippen LogP) is 2.17. The van der Waals surface area contributed by atoms with Gasteiger partial charge < -0.3 is 15.0 Å². The first kappa shape index (κ1) is 20.6. The molecule has 1 aliphatic carbocycles. The molecule has 2 heterocycles. The van der Waals surface area contributed by atoms with E-state index >= 15 is 0 Å². The smallest absolute Gasteiger partial charge is 0.223 e. The summed E-state index contributed by atoms with van der Waals surface area (Å²) in [6.07, 6.45) is 10.0. The van der Waals surface area contributed by atoms with Gasteiger partial charge in [-0.05, 0) is 38.5 Å². The summed E-state index contributed by atoms with van der Waals surface area (Å²) < 4.78 is 5.56. The summed E-state index contributed by atoms with van der Waals surface area (Å²) in [5.74, 6) is 0.644. The summed E-state index contributed by atoms with van der Waals surface area (Å²) in [6.45, 7) is 6.60. The van der Waals surface area contributed by atoms with E-state index < -0.39 is 0 Å². The summed E-state index contributed by atoms with van der Waals surface area (Å²) >= 11 is 0. The molecule has 6 heteroatoms. The van der Waals surface area contributed by atoms with E-state index in [1.807, 2.05) is 4.90 Å². The van der Waals surface area contributed by atoms with Crippen molar-refractivity contribution in [1.82, 2.24) is 15.1 Å². The number of nitrogens with zero attached hydrogens (tertiary/aromatic N) is 2. The lowest BCUT2D eigenvalue weighted by Crippen LogP contribution is -2.55. The molecule has 1 atom stereocenters. The molecule has 0 bridgehead atoms. The number of carbonyl (C=O) groups is 2. The highest BCUT2D eigenvalue weighted by Gasteiger charge is 2.32. The second-order valence-corrected chi connectivity index (χ2v) is 8.47. The van der Waals surface area contributed by atoms with Crippen LogP contribution in [0, 0.1) is 5.92 Å². The van der Waals surface area contributed by atoms with E-state index in [1.165, 1.54) is 19.3 Å². The zero-order valence-corrected chi connectivity index (χ0v) is 17.0. The molecule has 1 saturated carbocycles. The van der Waals surface area contributed by atoms with Crippen LogP contribution in [0.1, 0.15) is 64.7 Å². The highest BCUT2D eigenvalue weighted by atomic mass is 16.5. The van der Waals surface area contributed by atoms with E-state index in [9.17, 15) is 9.59 Å². The lowest BCUT2D eigenvalue weighted by molar-refractivity contribution is -0.131. The normalized spacial score (nSPS) is 25.6. The van der Waals surface area contributed by atoms with Crippen molar-refractivity contribution in [3.63, 3.8) is 0 Å². The molecule has 3 aliphatic rings. The molecular formula is C21H37N3O3. The monoisotopic (exact) mass is 379 g/mol. The fourth-order valence-corrected chi connectivity index (χ4v) is 5.01. The minimum Gasteiger partial charge on any atom is -0.381 e. The van der Waals surface area contributed by atoms with Crippen LogP contribution < -0.4 is 5.32 Å². The van der Waals surface area contributed by atoms with Crippen LogP contribution in [0.15, 0.2) is 0 Å². The quantitative estimate of drug-likeness (QED) is 0.768. The van der Waals surface area contributed by atoms with E-state index in [4.69, 9.17) is 4.74 Å². The largest absolute Gasteiger partial charge is 0.381 e. The molecule has 3 fully saturated rings. The first-order chi connectivity index (χ1) is 13.1. The number of rotatable bonds is 6. The molecule has 0 radical (unpaired) electrons. The second kappa shape index (κ2) is 10.4. The van der Waals surface area contributed by atoms with Gasteiger partial charge in [-0.2, -0.15) is 0 Å². The lowest BCUT2D eigenvalue weighted by Gasteiger charge is -2.44. The summed E-state index contributed by atoms with van der Waals surface area (Å²) in [6, 6.07) is 0.902. The summed E-state index contributed by atoms with van der Waals surface area (Å²) in [5, 5.41) is 3.20. The van der Waals surface area contributed by atoms with Crippen LogP contribution in [0.4, 0.5) is 0 Å². The molecule has 0 aromatic carbocycles. The van der Waals surface area contributed by atoms with Crippen molar-refractivity contribution in [3.05, 3.63) is 0 Å². The van der Waals surface area contributed by atoms with Crippen molar-refractivity contribution in [1.29, 1.82) is 0 Å². The summed E-state index contributed by atoms with van der Waals surface area (Å²) in [7, 11) is 0. The number of hydrogen-bond acceptors (Lipinski definition) is 4. The Balaban J connectivity index is 1.54. The fraction of sp³-hybridized carbons (Fsp3) is 0.905. The zero-order chi connectivity index (χ0) is 19.1. The number of amides is 2. The van der Waals surface area contributed by atoms with E-state index in [2.05, 4.69) is 10.2 Å². The Morgan fingerprint density at radius 3 is 2.44 bits per heavy atom. The van der Waals surface area contributed by atoms with Gasteiger partial charge in [0.2, 0.25) is 11.8 Å². The van der Waals surface area contributed by atoms with Gasteiger partial charge in [-0.25, -0.2) is 0 Å². The minimum atomic E-state index is 0.178. The van der Waals surface area contributed by atoms with Crippen LogP contribution in [0.25, 0.3) is 0 Å². The van der Waals surface area contributed by atoms with Crippen LogP contribution in [-0.2, 0) is 14.3 Å². The molecule has 1 unspecified atom stereocenters. The molecule has 2 saturated heterocycles. The van der Waals surface area contributed by atoms with Gasteiger partial charge >= 0.3 is 0 Å². The maximum Gasteiger partial charge on any atom is 0.223 e. The third-order valence-corrected chi connectivity index (χ3v) is 6.62. The highest BCUT2D eigenvalue weighted by molar-refractivity contribution is 5.78. The molecule has 0 aromatic heterocycles. The minimum absolute atomic E-state index is 0.178. The van der Waals surface area contributed by atoms with Gasteiger partial charge in [0.25, 0.3) is 0 Å². The lowest BCUT2D eigenvalue weighted by atomic mass is 9.89. The Labute approximate surface area is 164 Å². The van der Waals surface area contributed by atoms with Gasteiger partial charge in [-0.15, -0.1) is 0 Å². The zero-order valence-electron chi connectivity index (χ0n) is 17.0. The van der Waals surface area contributed by atoms with Crippen LogP contribution in [0.3, 0.4) is 0 Å². The Hall–Kier alpha value is -1.14. The Bertz CT molecular complexity index is 487. The Morgan fingerprint density at radius 2 is 1.74 bits per heavy atom. The molecule has 0 spiro atoms. The van der Waals surface area contributed by atoms with Crippen molar-refractivity contribution < 1.29 is 14.3 Å². The fourth-order valence-electron chi connectivity index (χ4n) is 5.01. The van der Waals surface area contributed by atoms with Crippen molar-refractivity contribution in [2.24, 2.45) is 5.92 Å².